The number of carbonyl (C=O) groups is 2. The van der Waals surface area contributed by atoms with Gasteiger partial charge in [0.15, 0.2) is 0 Å². The highest BCUT2D eigenvalue weighted by Crippen LogP contribution is 2.18. The van der Waals surface area contributed by atoms with Gasteiger partial charge in [-0.3, -0.25) is 9.59 Å². The summed E-state index contributed by atoms with van der Waals surface area (Å²) in [4.78, 5) is 27.3. The molecule has 0 aromatic heterocycles. The number of carbonyl (C=O) groups excluding carboxylic acids is 2. The van der Waals surface area contributed by atoms with E-state index >= 15 is 0 Å². The van der Waals surface area contributed by atoms with E-state index in [1.165, 1.54) is 6.07 Å². The molecule has 1 atom stereocenters. The largest absolute Gasteiger partial charge is 0.507 e. The van der Waals surface area contributed by atoms with Crippen molar-refractivity contribution < 1.29 is 14.7 Å². The van der Waals surface area contributed by atoms with Crippen LogP contribution in [0.2, 0.25) is 0 Å². The molecule has 1 fully saturated rings. The Morgan fingerprint density at radius 1 is 1.15 bits per heavy atom. The lowest BCUT2D eigenvalue weighted by Gasteiger charge is -2.35. The first kappa shape index (κ1) is 14.3. The number of piperazine rings is 1. The van der Waals surface area contributed by atoms with Gasteiger partial charge in [-0.05, 0) is 19.1 Å². The zero-order chi connectivity index (χ0) is 14.7. The first-order valence-corrected chi connectivity index (χ1v) is 6.62. The van der Waals surface area contributed by atoms with Gasteiger partial charge in [-0.1, -0.05) is 12.1 Å². The Kier molecular flexibility index (Phi) is 4.24. The number of phenolic OH excluding ortho intramolecular Hbond substituents is 1. The van der Waals surface area contributed by atoms with Gasteiger partial charge in [0.05, 0.1) is 11.6 Å². The molecule has 0 bridgehead atoms. The Balaban J connectivity index is 1.99. The molecule has 1 aliphatic rings. The molecule has 20 heavy (non-hydrogen) atoms. The Morgan fingerprint density at radius 3 is 2.25 bits per heavy atom. The number of benzene rings is 1. The molecule has 2 rings (SSSR count). The third-order valence-electron chi connectivity index (χ3n) is 3.40. The molecule has 0 spiro atoms. The Labute approximate surface area is 117 Å². The van der Waals surface area contributed by atoms with E-state index in [0.717, 1.165) is 0 Å². The number of nitrogens with two attached hydrogens (primary N) is 1. The summed E-state index contributed by atoms with van der Waals surface area (Å²) in [6.45, 7) is 3.50. The van der Waals surface area contributed by atoms with Crippen LogP contribution >= 0.6 is 0 Å². The van der Waals surface area contributed by atoms with Crippen LogP contribution < -0.4 is 5.73 Å². The van der Waals surface area contributed by atoms with Crippen molar-refractivity contribution in [2.75, 3.05) is 26.2 Å². The van der Waals surface area contributed by atoms with Crippen molar-refractivity contribution in [1.29, 1.82) is 0 Å². The normalized spacial score (nSPS) is 16.9. The van der Waals surface area contributed by atoms with Gasteiger partial charge >= 0.3 is 0 Å². The van der Waals surface area contributed by atoms with Gasteiger partial charge in [-0.25, -0.2) is 0 Å². The number of hydrogen-bond acceptors (Lipinski definition) is 4. The molecule has 0 radical (unpaired) electrons. The van der Waals surface area contributed by atoms with Crippen LogP contribution in [-0.4, -0.2) is 58.9 Å². The number of rotatable bonds is 2. The molecule has 6 nitrogen and oxygen atoms in total. The fourth-order valence-corrected chi connectivity index (χ4v) is 2.24. The number of nitrogens with zero attached hydrogens (tertiary/aromatic N) is 2. The van der Waals surface area contributed by atoms with Crippen molar-refractivity contribution in [1.82, 2.24) is 9.80 Å². The average molecular weight is 277 g/mol. The number of hydrogen-bond donors (Lipinski definition) is 2. The molecule has 1 saturated heterocycles. The van der Waals surface area contributed by atoms with Crippen LogP contribution in [0.15, 0.2) is 24.3 Å². The number of para-hydroxylation sites is 1. The third-order valence-corrected chi connectivity index (χ3v) is 3.40. The predicted octanol–water partition coefficient (Wildman–Crippen LogP) is 0.0238. The lowest BCUT2D eigenvalue weighted by Crippen LogP contribution is -2.53. The molecule has 2 amide bonds. The number of phenols is 1. The van der Waals surface area contributed by atoms with Gasteiger partial charge in [-0.2, -0.15) is 0 Å². The Morgan fingerprint density at radius 2 is 1.70 bits per heavy atom. The lowest BCUT2D eigenvalue weighted by molar-refractivity contribution is -0.133. The van der Waals surface area contributed by atoms with Crippen LogP contribution in [-0.2, 0) is 4.79 Å². The summed E-state index contributed by atoms with van der Waals surface area (Å²) in [6, 6.07) is 5.95. The van der Waals surface area contributed by atoms with Crippen molar-refractivity contribution >= 4 is 11.8 Å². The average Bonchev–Trinajstić information content (AvgIpc) is 2.46. The summed E-state index contributed by atoms with van der Waals surface area (Å²) in [6.07, 6.45) is 0. The molecule has 1 aromatic rings. The standard InChI is InChI=1S/C14H19N3O3/c1-10(15)13(19)16-6-8-17(9-7-16)14(20)11-4-2-3-5-12(11)18/h2-5,10,18H,6-9,15H2,1H3/t10-/m0/s1. The molecule has 1 heterocycles. The summed E-state index contributed by atoms with van der Waals surface area (Å²) in [5.74, 6) is -0.331. The van der Waals surface area contributed by atoms with Crippen molar-refractivity contribution in [3.05, 3.63) is 29.8 Å². The highest BCUT2D eigenvalue weighted by Gasteiger charge is 2.26. The van der Waals surface area contributed by atoms with Gasteiger partial charge in [0.1, 0.15) is 5.75 Å². The highest BCUT2D eigenvalue weighted by molar-refractivity contribution is 5.97. The molecule has 1 aliphatic heterocycles. The molecule has 108 valence electrons. The van der Waals surface area contributed by atoms with Gasteiger partial charge in [0.2, 0.25) is 5.91 Å². The minimum absolute atomic E-state index is 0.0217. The maximum absolute atomic E-state index is 12.3. The number of amides is 2. The van der Waals surface area contributed by atoms with E-state index in [0.29, 0.717) is 31.7 Å². The Hall–Kier alpha value is -2.08. The summed E-state index contributed by atoms with van der Waals surface area (Å²) < 4.78 is 0. The van der Waals surface area contributed by atoms with E-state index in [9.17, 15) is 14.7 Å². The van der Waals surface area contributed by atoms with Gasteiger partial charge in [0, 0.05) is 26.2 Å². The molecule has 0 unspecified atom stereocenters. The minimum Gasteiger partial charge on any atom is -0.507 e. The molecular weight excluding hydrogens is 258 g/mol. The van der Waals surface area contributed by atoms with Crippen LogP contribution in [0.3, 0.4) is 0 Å². The minimum atomic E-state index is -0.518. The van der Waals surface area contributed by atoms with E-state index in [2.05, 4.69) is 0 Å². The Bertz CT molecular complexity index is 508. The molecule has 0 saturated carbocycles. The van der Waals surface area contributed by atoms with Gasteiger partial charge < -0.3 is 20.6 Å². The smallest absolute Gasteiger partial charge is 0.257 e. The highest BCUT2D eigenvalue weighted by atomic mass is 16.3. The SMILES string of the molecule is C[C@H](N)C(=O)N1CCN(C(=O)c2ccccc2O)CC1. The van der Waals surface area contributed by atoms with Crippen molar-refractivity contribution in [3.8, 4) is 5.75 Å². The summed E-state index contributed by atoms with van der Waals surface area (Å²) in [7, 11) is 0. The van der Waals surface area contributed by atoms with Crippen LogP contribution in [0.25, 0.3) is 0 Å². The quantitative estimate of drug-likeness (QED) is 0.798. The summed E-state index contributed by atoms with van der Waals surface area (Å²) >= 11 is 0. The molecule has 3 N–H and O–H groups in total. The van der Waals surface area contributed by atoms with Gasteiger partial charge in [0.25, 0.3) is 5.91 Å². The topological polar surface area (TPSA) is 86.9 Å². The molecule has 1 aromatic carbocycles. The fraction of sp³-hybridized carbons (Fsp3) is 0.429. The molecule has 6 heteroatoms. The maximum Gasteiger partial charge on any atom is 0.257 e. The zero-order valence-corrected chi connectivity index (χ0v) is 11.5. The van der Waals surface area contributed by atoms with Crippen LogP contribution in [0.4, 0.5) is 0 Å². The van der Waals surface area contributed by atoms with Crippen LogP contribution in [0, 0.1) is 0 Å². The van der Waals surface area contributed by atoms with E-state index in [1.807, 2.05) is 0 Å². The molecular formula is C14H19N3O3. The van der Waals surface area contributed by atoms with E-state index in [1.54, 1.807) is 34.9 Å². The van der Waals surface area contributed by atoms with Crippen LogP contribution in [0.1, 0.15) is 17.3 Å². The van der Waals surface area contributed by atoms with Crippen LogP contribution in [0.5, 0.6) is 5.75 Å². The second-order valence-electron chi connectivity index (χ2n) is 4.92. The van der Waals surface area contributed by atoms with Gasteiger partial charge in [-0.15, -0.1) is 0 Å². The predicted molar refractivity (Wildman–Crippen MR) is 74.2 cm³/mol. The number of aromatic hydroxyl groups is 1. The van der Waals surface area contributed by atoms with Crippen molar-refractivity contribution in [2.24, 2.45) is 5.73 Å². The second-order valence-corrected chi connectivity index (χ2v) is 4.92. The van der Waals surface area contributed by atoms with E-state index in [-0.39, 0.29) is 17.6 Å². The zero-order valence-electron chi connectivity index (χ0n) is 11.5. The monoisotopic (exact) mass is 277 g/mol. The summed E-state index contributed by atoms with van der Waals surface area (Å²) in [5, 5.41) is 9.70. The first-order valence-electron chi connectivity index (χ1n) is 6.62. The first-order chi connectivity index (χ1) is 9.50. The fourth-order valence-electron chi connectivity index (χ4n) is 2.24. The third kappa shape index (κ3) is 2.91. The summed E-state index contributed by atoms with van der Waals surface area (Å²) in [5.41, 5.74) is 5.86. The second kappa shape index (κ2) is 5.92. The lowest BCUT2D eigenvalue weighted by atomic mass is 10.1. The van der Waals surface area contributed by atoms with E-state index < -0.39 is 6.04 Å². The van der Waals surface area contributed by atoms with Crippen molar-refractivity contribution in [3.63, 3.8) is 0 Å². The molecule has 0 aliphatic carbocycles. The van der Waals surface area contributed by atoms with E-state index in [4.69, 9.17) is 5.73 Å². The maximum atomic E-state index is 12.3. The van der Waals surface area contributed by atoms with Crippen molar-refractivity contribution in [2.45, 2.75) is 13.0 Å².